The number of fused-ring (bicyclic) bond motifs is 2. The van der Waals surface area contributed by atoms with Crippen LogP contribution < -0.4 is 9.47 Å². The molecule has 0 atom stereocenters. The SMILES string of the molecule is N#CC(=Cc1sc2ccccc2c1Cl)C(=O)c1ccc2c(c1)OCO2. The van der Waals surface area contributed by atoms with Gasteiger partial charge in [0.2, 0.25) is 12.6 Å². The van der Waals surface area contributed by atoms with Crippen molar-refractivity contribution in [2.24, 2.45) is 0 Å². The second-order valence-corrected chi connectivity index (χ2v) is 6.81. The lowest BCUT2D eigenvalue weighted by Crippen LogP contribution is -2.01. The Morgan fingerprint density at radius 2 is 2.00 bits per heavy atom. The Kier molecular flexibility index (Phi) is 3.92. The Bertz CT molecular complexity index is 1080. The molecule has 0 N–H and O–H groups in total. The van der Waals surface area contributed by atoms with Crippen LogP contribution in [0.2, 0.25) is 5.02 Å². The normalized spacial score (nSPS) is 13.0. The van der Waals surface area contributed by atoms with E-state index in [2.05, 4.69) is 0 Å². The molecule has 0 fully saturated rings. The number of ketones is 1. The van der Waals surface area contributed by atoms with Crippen LogP contribution in [-0.2, 0) is 0 Å². The predicted molar refractivity (Wildman–Crippen MR) is 97.3 cm³/mol. The molecule has 4 rings (SSSR count). The van der Waals surface area contributed by atoms with Gasteiger partial charge in [-0.15, -0.1) is 11.3 Å². The fourth-order valence-electron chi connectivity index (χ4n) is 2.60. The molecule has 0 saturated carbocycles. The number of allylic oxidation sites excluding steroid dienone is 1. The third kappa shape index (κ3) is 2.76. The highest BCUT2D eigenvalue weighted by Gasteiger charge is 2.19. The topological polar surface area (TPSA) is 59.3 Å². The van der Waals surface area contributed by atoms with Crippen molar-refractivity contribution in [2.45, 2.75) is 0 Å². The first kappa shape index (κ1) is 15.7. The molecule has 1 aliphatic heterocycles. The smallest absolute Gasteiger partial charge is 0.231 e. The van der Waals surface area contributed by atoms with E-state index in [9.17, 15) is 10.1 Å². The summed E-state index contributed by atoms with van der Waals surface area (Å²) in [6.07, 6.45) is 1.54. The molecule has 3 aromatic rings. The molecule has 4 nitrogen and oxygen atoms in total. The van der Waals surface area contributed by atoms with Crippen LogP contribution in [0.15, 0.2) is 48.0 Å². The molecular formula is C19H10ClNO3S. The van der Waals surface area contributed by atoms with Crippen LogP contribution in [0.4, 0.5) is 0 Å². The number of benzene rings is 2. The van der Waals surface area contributed by atoms with E-state index in [1.165, 1.54) is 11.3 Å². The van der Waals surface area contributed by atoms with E-state index in [0.29, 0.717) is 27.0 Å². The maximum Gasteiger partial charge on any atom is 0.231 e. The molecule has 2 aromatic carbocycles. The van der Waals surface area contributed by atoms with Crippen molar-refractivity contribution in [2.75, 3.05) is 6.79 Å². The first-order valence-corrected chi connectivity index (χ1v) is 8.60. The first-order valence-electron chi connectivity index (χ1n) is 7.40. The molecule has 1 aliphatic rings. The molecule has 1 aromatic heterocycles. The summed E-state index contributed by atoms with van der Waals surface area (Å²) in [5.74, 6) is 0.712. The molecule has 0 amide bonds. The van der Waals surface area contributed by atoms with E-state index in [4.69, 9.17) is 21.1 Å². The van der Waals surface area contributed by atoms with Crippen LogP contribution in [-0.4, -0.2) is 12.6 Å². The molecule has 0 spiro atoms. The summed E-state index contributed by atoms with van der Waals surface area (Å²) in [4.78, 5) is 13.4. The number of carbonyl (C=O) groups is 1. The number of halogens is 1. The molecular weight excluding hydrogens is 358 g/mol. The zero-order chi connectivity index (χ0) is 17.4. The maximum atomic E-state index is 12.7. The quantitative estimate of drug-likeness (QED) is 0.368. The van der Waals surface area contributed by atoms with Gasteiger partial charge >= 0.3 is 0 Å². The van der Waals surface area contributed by atoms with Crippen molar-refractivity contribution in [3.63, 3.8) is 0 Å². The van der Waals surface area contributed by atoms with Gasteiger partial charge in [0.15, 0.2) is 11.5 Å². The van der Waals surface area contributed by atoms with Gasteiger partial charge in [-0.25, -0.2) is 0 Å². The van der Waals surface area contributed by atoms with Gasteiger partial charge in [-0.3, -0.25) is 4.79 Å². The van der Waals surface area contributed by atoms with E-state index >= 15 is 0 Å². The van der Waals surface area contributed by atoms with E-state index in [1.807, 2.05) is 30.3 Å². The number of Topliss-reactive ketones (excluding diaryl/α,β-unsaturated/α-hetero) is 1. The number of rotatable bonds is 3. The lowest BCUT2D eigenvalue weighted by molar-refractivity contribution is 0.103. The highest BCUT2D eigenvalue weighted by atomic mass is 35.5. The molecule has 0 saturated heterocycles. The van der Waals surface area contributed by atoms with Crippen LogP contribution in [0.3, 0.4) is 0 Å². The van der Waals surface area contributed by atoms with Crippen molar-refractivity contribution >= 4 is 44.9 Å². The standard InChI is InChI=1S/C19H10ClNO3S/c20-18-13-3-1-2-4-16(13)25-17(18)8-12(9-21)19(22)11-5-6-14-15(7-11)24-10-23-14/h1-8H,10H2. The number of hydrogen-bond donors (Lipinski definition) is 0. The highest BCUT2D eigenvalue weighted by Crippen LogP contribution is 2.37. The van der Waals surface area contributed by atoms with E-state index < -0.39 is 0 Å². The lowest BCUT2D eigenvalue weighted by atomic mass is 10.0. The first-order chi connectivity index (χ1) is 12.2. The van der Waals surface area contributed by atoms with Crippen LogP contribution in [0, 0.1) is 11.3 Å². The molecule has 6 heteroatoms. The average molecular weight is 368 g/mol. The second-order valence-electron chi connectivity index (χ2n) is 5.34. The van der Waals surface area contributed by atoms with Gasteiger partial charge in [0.05, 0.1) is 5.02 Å². The minimum absolute atomic E-state index is 0.0207. The van der Waals surface area contributed by atoms with E-state index in [1.54, 1.807) is 24.3 Å². The predicted octanol–water partition coefficient (Wildman–Crippen LogP) is 5.07. The number of carbonyl (C=O) groups excluding carboxylic acids is 1. The van der Waals surface area contributed by atoms with E-state index in [0.717, 1.165) is 10.1 Å². The van der Waals surface area contributed by atoms with Gasteiger partial charge in [-0.1, -0.05) is 29.8 Å². The van der Waals surface area contributed by atoms with Crippen LogP contribution in [0.25, 0.3) is 16.2 Å². The molecule has 0 radical (unpaired) electrons. The Morgan fingerprint density at radius 1 is 1.20 bits per heavy atom. The van der Waals surface area contributed by atoms with Gasteiger partial charge in [-0.05, 0) is 30.3 Å². The number of ether oxygens (including phenoxy) is 2. The van der Waals surface area contributed by atoms with Crippen molar-refractivity contribution in [3.8, 4) is 17.6 Å². The van der Waals surface area contributed by atoms with Crippen LogP contribution >= 0.6 is 22.9 Å². The number of thiophene rings is 1. The van der Waals surface area contributed by atoms with Gasteiger partial charge in [-0.2, -0.15) is 5.26 Å². The molecule has 122 valence electrons. The number of nitriles is 1. The molecule has 25 heavy (non-hydrogen) atoms. The fraction of sp³-hybridized carbons (Fsp3) is 0.0526. The monoisotopic (exact) mass is 367 g/mol. The summed E-state index contributed by atoms with van der Waals surface area (Å²) in [7, 11) is 0. The Labute approximate surface area is 152 Å². The van der Waals surface area contributed by atoms with Crippen molar-refractivity contribution in [1.82, 2.24) is 0 Å². The summed E-state index contributed by atoms with van der Waals surface area (Å²) >= 11 is 7.84. The zero-order valence-electron chi connectivity index (χ0n) is 12.8. The molecule has 2 heterocycles. The van der Waals surface area contributed by atoms with Crippen molar-refractivity contribution in [1.29, 1.82) is 5.26 Å². The van der Waals surface area contributed by atoms with Gasteiger partial charge in [0, 0.05) is 20.5 Å². The minimum Gasteiger partial charge on any atom is -0.454 e. The minimum atomic E-state index is -0.380. The Balaban J connectivity index is 1.74. The summed E-state index contributed by atoms with van der Waals surface area (Å²) < 4.78 is 11.5. The van der Waals surface area contributed by atoms with E-state index in [-0.39, 0.29) is 18.1 Å². The lowest BCUT2D eigenvalue weighted by Gasteiger charge is -2.01. The van der Waals surface area contributed by atoms with Crippen molar-refractivity contribution in [3.05, 3.63) is 63.5 Å². The van der Waals surface area contributed by atoms with Crippen LogP contribution in [0.5, 0.6) is 11.5 Å². The van der Waals surface area contributed by atoms with Gasteiger partial charge in [0.25, 0.3) is 0 Å². The summed E-state index contributed by atoms with van der Waals surface area (Å²) in [5, 5.41) is 10.9. The highest BCUT2D eigenvalue weighted by molar-refractivity contribution is 7.20. The Morgan fingerprint density at radius 3 is 2.80 bits per heavy atom. The molecule has 0 unspecified atom stereocenters. The van der Waals surface area contributed by atoms with Crippen LogP contribution in [0.1, 0.15) is 15.2 Å². The third-order valence-electron chi connectivity index (χ3n) is 3.84. The Hall–Kier alpha value is -2.81. The fourth-order valence-corrected chi connectivity index (χ4v) is 4.03. The molecule has 0 bridgehead atoms. The number of nitrogens with zero attached hydrogens (tertiary/aromatic N) is 1. The van der Waals surface area contributed by atoms with Gasteiger partial charge in [0.1, 0.15) is 11.6 Å². The maximum absolute atomic E-state index is 12.7. The largest absolute Gasteiger partial charge is 0.454 e. The third-order valence-corrected chi connectivity index (χ3v) is 5.47. The zero-order valence-corrected chi connectivity index (χ0v) is 14.4. The number of hydrogen-bond acceptors (Lipinski definition) is 5. The van der Waals surface area contributed by atoms with Crippen molar-refractivity contribution < 1.29 is 14.3 Å². The summed E-state index contributed by atoms with van der Waals surface area (Å²) in [6.45, 7) is 0.130. The summed E-state index contributed by atoms with van der Waals surface area (Å²) in [5.41, 5.74) is 0.390. The average Bonchev–Trinajstić information content (AvgIpc) is 3.23. The van der Waals surface area contributed by atoms with Gasteiger partial charge < -0.3 is 9.47 Å². The second kappa shape index (κ2) is 6.25. The summed E-state index contributed by atoms with van der Waals surface area (Å²) in [6, 6.07) is 14.5. The molecule has 0 aliphatic carbocycles.